The fraction of sp³-hybridized carbons (Fsp3) is 0.350. The number of quaternary nitrogens is 1. The van der Waals surface area contributed by atoms with Gasteiger partial charge in [-0.3, -0.25) is 4.79 Å². The number of benzene rings is 2. The fourth-order valence-corrected chi connectivity index (χ4v) is 3.25. The molecule has 0 aromatic heterocycles. The lowest BCUT2D eigenvalue weighted by Gasteiger charge is -2.25. The minimum Gasteiger partial charge on any atom is -0.497 e. The number of amides is 1. The molecule has 0 radical (unpaired) electrons. The van der Waals surface area contributed by atoms with Crippen LogP contribution in [0.2, 0.25) is 0 Å². The van der Waals surface area contributed by atoms with Crippen molar-refractivity contribution >= 4 is 11.6 Å². The quantitative estimate of drug-likeness (QED) is 0.840. The van der Waals surface area contributed by atoms with Crippen LogP contribution < -0.4 is 19.7 Å². The largest absolute Gasteiger partial charge is 0.497 e. The van der Waals surface area contributed by atoms with Gasteiger partial charge in [-0.05, 0) is 5.56 Å². The molecular weight excluding hydrogens is 316 g/mol. The summed E-state index contributed by atoms with van der Waals surface area (Å²) in [6.45, 7) is 2.91. The van der Waals surface area contributed by atoms with Crippen LogP contribution in [-0.2, 0) is 17.8 Å². The van der Waals surface area contributed by atoms with E-state index in [0.29, 0.717) is 23.6 Å². The van der Waals surface area contributed by atoms with Gasteiger partial charge in [-0.2, -0.15) is 0 Å². The summed E-state index contributed by atoms with van der Waals surface area (Å²) in [6.07, 6.45) is 1.58. The van der Waals surface area contributed by atoms with Gasteiger partial charge in [-0.25, -0.2) is 0 Å². The van der Waals surface area contributed by atoms with Crippen molar-refractivity contribution in [3.05, 3.63) is 53.6 Å². The molecule has 0 aliphatic carbocycles. The second-order valence-electron chi connectivity index (χ2n) is 6.35. The first-order chi connectivity index (χ1) is 12.2. The van der Waals surface area contributed by atoms with Gasteiger partial charge in [0, 0.05) is 35.9 Å². The Labute approximate surface area is 148 Å². The van der Waals surface area contributed by atoms with Gasteiger partial charge >= 0.3 is 0 Å². The van der Waals surface area contributed by atoms with Crippen molar-refractivity contribution in [2.75, 3.05) is 32.6 Å². The minimum atomic E-state index is 0.0154. The molecule has 1 atom stereocenters. The van der Waals surface area contributed by atoms with Crippen LogP contribution in [-0.4, -0.2) is 33.2 Å². The van der Waals surface area contributed by atoms with E-state index in [0.717, 1.165) is 26.1 Å². The average Bonchev–Trinajstić information content (AvgIpc) is 2.65. The molecule has 1 amide bonds. The number of hydrogen-bond donors (Lipinski definition) is 2. The molecule has 1 heterocycles. The van der Waals surface area contributed by atoms with Crippen LogP contribution in [0.25, 0.3) is 0 Å². The van der Waals surface area contributed by atoms with Crippen molar-refractivity contribution in [3.8, 4) is 11.5 Å². The first kappa shape index (κ1) is 17.3. The molecule has 1 aliphatic heterocycles. The minimum absolute atomic E-state index is 0.0154. The zero-order valence-corrected chi connectivity index (χ0v) is 14.8. The number of carbonyl (C=O) groups excluding carboxylic acids is 1. The van der Waals surface area contributed by atoms with Crippen LogP contribution in [0.4, 0.5) is 5.69 Å². The third-order valence-electron chi connectivity index (χ3n) is 4.65. The summed E-state index contributed by atoms with van der Waals surface area (Å²) >= 11 is 0. The normalized spacial score (nSPS) is 16.0. The predicted octanol–water partition coefficient (Wildman–Crippen LogP) is 1.67. The number of rotatable bonds is 6. The van der Waals surface area contributed by atoms with E-state index in [2.05, 4.69) is 29.6 Å². The Bertz CT molecular complexity index is 723. The molecule has 1 aliphatic rings. The van der Waals surface area contributed by atoms with Crippen LogP contribution in [0.5, 0.6) is 11.5 Å². The van der Waals surface area contributed by atoms with Gasteiger partial charge in [0.25, 0.3) is 0 Å². The number of hydrogen-bond acceptors (Lipinski definition) is 3. The van der Waals surface area contributed by atoms with Gasteiger partial charge in [0.05, 0.1) is 33.7 Å². The Hall–Kier alpha value is -2.53. The molecule has 5 heteroatoms. The van der Waals surface area contributed by atoms with Crippen molar-refractivity contribution in [2.45, 2.75) is 19.4 Å². The zero-order chi connectivity index (χ0) is 17.6. The number of fused-ring (bicyclic) bond motifs is 1. The second kappa shape index (κ2) is 8.03. The molecule has 0 saturated carbocycles. The first-order valence-electron chi connectivity index (χ1n) is 8.61. The van der Waals surface area contributed by atoms with E-state index in [1.807, 2.05) is 0 Å². The van der Waals surface area contributed by atoms with E-state index < -0.39 is 0 Å². The third-order valence-corrected chi connectivity index (χ3v) is 4.65. The molecule has 132 valence electrons. The average molecular weight is 341 g/mol. The summed E-state index contributed by atoms with van der Waals surface area (Å²) in [6, 6.07) is 14.0. The maximum atomic E-state index is 12.3. The topological polar surface area (TPSA) is 52.0 Å². The highest BCUT2D eigenvalue weighted by Crippen LogP contribution is 2.25. The van der Waals surface area contributed by atoms with Gasteiger partial charge in [0.2, 0.25) is 5.91 Å². The molecule has 3 rings (SSSR count). The molecule has 0 fully saturated rings. The monoisotopic (exact) mass is 341 g/mol. The molecule has 2 aromatic rings. The maximum absolute atomic E-state index is 12.3. The Morgan fingerprint density at radius 2 is 1.76 bits per heavy atom. The summed E-state index contributed by atoms with van der Waals surface area (Å²) in [5.74, 6) is 1.34. The molecule has 0 saturated heterocycles. The highest BCUT2D eigenvalue weighted by atomic mass is 16.5. The number of carbonyl (C=O) groups is 1. The number of nitrogens with one attached hydrogen (secondary N) is 2. The lowest BCUT2D eigenvalue weighted by atomic mass is 10.00. The van der Waals surface area contributed by atoms with Crippen LogP contribution >= 0.6 is 0 Å². The van der Waals surface area contributed by atoms with E-state index in [4.69, 9.17) is 9.47 Å². The Morgan fingerprint density at radius 3 is 2.44 bits per heavy atom. The predicted molar refractivity (Wildman–Crippen MR) is 97.3 cm³/mol. The Balaban J connectivity index is 1.54. The molecule has 0 bridgehead atoms. The summed E-state index contributed by atoms with van der Waals surface area (Å²) in [5.41, 5.74) is 3.54. The maximum Gasteiger partial charge on any atom is 0.230 e. The fourth-order valence-electron chi connectivity index (χ4n) is 3.25. The standard InChI is InChI=1S/C20H24N2O3/c1-24-18-11-17(12-19(13-18)25-2)21-20(23)8-10-22-9-7-15-5-3-4-6-16(15)14-22/h3-6,11-13H,7-10,14H2,1-2H3,(H,21,23)/p+1. The van der Waals surface area contributed by atoms with Crippen molar-refractivity contribution in [1.29, 1.82) is 0 Å². The molecule has 1 unspecified atom stereocenters. The highest BCUT2D eigenvalue weighted by Gasteiger charge is 2.19. The van der Waals surface area contributed by atoms with Gasteiger partial charge in [0.1, 0.15) is 18.0 Å². The lowest BCUT2D eigenvalue weighted by Crippen LogP contribution is -3.11. The molecular formula is C20H25N2O3+. The zero-order valence-electron chi connectivity index (χ0n) is 14.8. The van der Waals surface area contributed by atoms with Crippen molar-refractivity contribution in [3.63, 3.8) is 0 Å². The van der Waals surface area contributed by atoms with E-state index >= 15 is 0 Å². The third kappa shape index (κ3) is 4.51. The van der Waals surface area contributed by atoms with Crippen molar-refractivity contribution in [1.82, 2.24) is 0 Å². The van der Waals surface area contributed by atoms with Crippen LogP contribution in [0.3, 0.4) is 0 Å². The second-order valence-corrected chi connectivity index (χ2v) is 6.35. The highest BCUT2D eigenvalue weighted by molar-refractivity contribution is 5.91. The molecule has 5 nitrogen and oxygen atoms in total. The molecule has 25 heavy (non-hydrogen) atoms. The first-order valence-corrected chi connectivity index (χ1v) is 8.61. The Morgan fingerprint density at radius 1 is 1.08 bits per heavy atom. The van der Waals surface area contributed by atoms with E-state index in [9.17, 15) is 4.79 Å². The SMILES string of the molecule is COc1cc(NC(=O)CC[NH+]2CCc3ccccc3C2)cc(OC)c1. The van der Waals surface area contributed by atoms with Gasteiger partial charge < -0.3 is 19.7 Å². The number of ether oxygens (including phenoxy) is 2. The van der Waals surface area contributed by atoms with Crippen LogP contribution in [0.1, 0.15) is 17.5 Å². The van der Waals surface area contributed by atoms with Gasteiger partial charge in [-0.15, -0.1) is 0 Å². The molecule has 2 aromatic carbocycles. The summed E-state index contributed by atoms with van der Waals surface area (Å²) in [5, 5.41) is 2.94. The van der Waals surface area contributed by atoms with Crippen LogP contribution in [0, 0.1) is 0 Å². The van der Waals surface area contributed by atoms with Crippen molar-refractivity contribution in [2.24, 2.45) is 0 Å². The van der Waals surface area contributed by atoms with E-state index in [1.165, 1.54) is 16.0 Å². The molecule has 0 spiro atoms. The molecule has 2 N–H and O–H groups in total. The summed E-state index contributed by atoms with van der Waals surface area (Å²) in [4.78, 5) is 13.7. The van der Waals surface area contributed by atoms with E-state index in [-0.39, 0.29) is 5.91 Å². The van der Waals surface area contributed by atoms with Crippen LogP contribution in [0.15, 0.2) is 42.5 Å². The number of methoxy groups -OCH3 is 2. The van der Waals surface area contributed by atoms with E-state index in [1.54, 1.807) is 32.4 Å². The van der Waals surface area contributed by atoms with Gasteiger partial charge in [-0.1, -0.05) is 24.3 Å². The Kier molecular flexibility index (Phi) is 5.56. The number of anilines is 1. The lowest BCUT2D eigenvalue weighted by molar-refractivity contribution is -0.915. The summed E-state index contributed by atoms with van der Waals surface area (Å²) in [7, 11) is 3.19. The summed E-state index contributed by atoms with van der Waals surface area (Å²) < 4.78 is 10.5. The van der Waals surface area contributed by atoms with Gasteiger partial charge in [0.15, 0.2) is 0 Å². The smallest absolute Gasteiger partial charge is 0.230 e. The van der Waals surface area contributed by atoms with Crippen molar-refractivity contribution < 1.29 is 19.2 Å².